The zero-order valence-electron chi connectivity index (χ0n) is 8.67. The van der Waals surface area contributed by atoms with Crippen LogP contribution in [0.2, 0.25) is 0 Å². The zero-order chi connectivity index (χ0) is 9.56. The topological polar surface area (TPSA) is 41.6 Å². The largest absolute Gasteiger partial charge is 0.370 e. The maximum atomic E-state index is 5.69. The molecule has 0 aliphatic carbocycles. The Balaban J connectivity index is 3.71. The van der Waals surface area contributed by atoms with Crippen LogP contribution in [0.15, 0.2) is 4.99 Å². The van der Waals surface area contributed by atoms with Gasteiger partial charge in [0.25, 0.3) is 0 Å². The van der Waals surface area contributed by atoms with Crippen LogP contribution in [-0.2, 0) is 0 Å². The van der Waals surface area contributed by atoms with Gasteiger partial charge in [0.2, 0.25) is 0 Å². The molecule has 3 nitrogen and oxygen atoms in total. The van der Waals surface area contributed by atoms with Crippen molar-refractivity contribution >= 4 is 5.96 Å². The normalized spacial score (nSPS) is 12.2. The summed E-state index contributed by atoms with van der Waals surface area (Å²) in [5.41, 5.74) is 5.69. The third-order valence-corrected chi connectivity index (χ3v) is 1.75. The highest BCUT2D eigenvalue weighted by Gasteiger charge is 2.01. The second kappa shape index (κ2) is 5.86. The average Bonchev–Trinajstić information content (AvgIpc) is 2.00. The quantitative estimate of drug-likeness (QED) is 0.511. The van der Waals surface area contributed by atoms with Crippen LogP contribution in [-0.4, -0.2) is 31.0 Å². The maximum Gasteiger partial charge on any atom is 0.190 e. The summed E-state index contributed by atoms with van der Waals surface area (Å²) in [5.74, 6) is 1.38. The first kappa shape index (κ1) is 11.3. The molecule has 0 heterocycles. The Kier molecular flexibility index (Phi) is 5.51. The number of nitrogens with zero attached hydrogens (tertiary/aromatic N) is 2. The molecular weight excluding hydrogens is 150 g/mol. The standard InChI is InChI=1S/C9H21N3/c1-5-11-9(10)12(4)7-6-8(2)3/h8H,5-7H2,1-4H3,(H2,10,11). The fourth-order valence-corrected chi connectivity index (χ4v) is 0.849. The second-order valence-corrected chi connectivity index (χ2v) is 3.44. The molecule has 0 aliphatic rings. The fourth-order valence-electron chi connectivity index (χ4n) is 0.849. The lowest BCUT2D eigenvalue weighted by molar-refractivity contribution is 0.433. The lowest BCUT2D eigenvalue weighted by atomic mass is 10.1. The first-order valence-electron chi connectivity index (χ1n) is 4.59. The van der Waals surface area contributed by atoms with Crippen LogP contribution in [0, 0.1) is 5.92 Å². The zero-order valence-corrected chi connectivity index (χ0v) is 8.67. The molecule has 0 aromatic heterocycles. The molecule has 0 unspecified atom stereocenters. The van der Waals surface area contributed by atoms with Crippen molar-refractivity contribution in [3.8, 4) is 0 Å². The number of nitrogens with two attached hydrogens (primary N) is 1. The van der Waals surface area contributed by atoms with Crippen LogP contribution in [0.3, 0.4) is 0 Å². The van der Waals surface area contributed by atoms with Crippen molar-refractivity contribution < 1.29 is 0 Å². The SMILES string of the molecule is CCN=C(N)N(C)CCC(C)C. The highest BCUT2D eigenvalue weighted by molar-refractivity contribution is 5.77. The number of guanidine groups is 1. The van der Waals surface area contributed by atoms with Gasteiger partial charge >= 0.3 is 0 Å². The van der Waals surface area contributed by atoms with Crippen molar-refractivity contribution in [2.24, 2.45) is 16.6 Å². The molecule has 3 heteroatoms. The van der Waals surface area contributed by atoms with E-state index in [4.69, 9.17) is 5.73 Å². The van der Waals surface area contributed by atoms with Crippen LogP contribution in [0.25, 0.3) is 0 Å². The molecule has 0 aromatic carbocycles. The summed E-state index contributed by atoms with van der Waals surface area (Å²) in [6, 6.07) is 0. The molecule has 2 N–H and O–H groups in total. The predicted molar refractivity (Wildman–Crippen MR) is 54.2 cm³/mol. The number of hydrogen-bond acceptors (Lipinski definition) is 1. The van der Waals surface area contributed by atoms with Crippen LogP contribution in [0.1, 0.15) is 27.2 Å². The second-order valence-electron chi connectivity index (χ2n) is 3.44. The molecule has 12 heavy (non-hydrogen) atoms. The molecule has 0 spiro atoms. The van der Waals surface area contributed by atoms with Gasteiger partial charge in [-0.15, -0.1) is 0 Å². The molecule has 0 aromatic rings. The minimum atomic E-state index is 0.651. The summed E-state index contributed by atoms with van der Waals surface area (Å²) in [6.45, 7) is 8.16. The Morgan fingerprint density at radius 3 is 2.50 bits per heavy atom. The van der Waals surface area contributed by atoms with E-state index in [1.54, 1.807) is 0 Å². The number of rotatable bonds is 4. The molecule has 0 aliphatic heterocycles. The van der Waals surface area contributed by atoms with Crippen LogP contribution >= 0.6 is 0 Å². The van der Waals surface area contributed by atoms with E-state index in [-0.39, 0.29) is 0 Å². The van der Waals surface area contributed by atoms with E-state index in [1.807, 2.05) is 18.9 Å². The van der Waals surface area contributed by atoms with E-state index >= 15 is 0 Å². The molecule has 0 bridgehead atoms. The minimum Gasteiger partial charge on any atom is -0.370 e. The lowest BCUT2D eigenvalue weighted by Gasteiger charge is -2.18. The van der Waals surface area contributed by atoms with E-state index in [1.165, 1.54) is 0 Å². The molecule has 72 valence electrons. The molecule has 0 radical (unpaired) electrons. The molecule has 0 saturated carbocycles. The van der Waals surface area contributed by atoms with Gasteiger partial charge in [-0.3, -0.25) is 4.99 Å². The Morgan fingerprint density at radius 2 is 2.08 bits per heavy atom. The van der Waals surface area contributed by atoms with Crippen LogP contribution < -0.4 is 5.73 Å². The molecule has 0 amide bonds. The van der Waals surface area contributed by atoms with E-state index in [9.17, 15) is 0 Å². The summed E-state index contributed by atoms with van der Waals surface area (Å²) < 4.78 is 0. The van der Waals surface area contributed by atoms with Crippen molar-refractivity contribution in [2.75, 3.05) is 20.1 Å². The van der Waals surface area contributed by atoms with Gasteiger partial charge in [-0.1, -0.05) is 13.8 Å². The third-order valence-electron chi connectivity index (χ3n) is 1.75. The van der Waals surface area contributed by atoms with Crippen molar-refractivity contribution in [1.82, 2.24) is 4.90 Å². The minimum absolute atomic E-state index is 0.651. The Morgan fingerprint density at radius 1 is 1.50 bits per heavy atom. The highest BCUT2D eigenvalue weighted by Crippen LogP contribution is 1.99. The Labute approximate surface area is 75.7 Å². The van der Waals surface area contributed by atoms with Gasteiger partial charge in [-0.25, -0.2) is 0 Å². The monoisotopic (exact) mass is 171 g/mol. The molecule has 0 rings (SSSR count). The van der Waals surface area contributed by atoms with Crippen molar-refractivity contribution in [1.29, 1.82) is 0 Å². The summed E-state index contributed by atoms with van der Waals surface area (Å²) in [4.78, 5) is 6.13. The van der Waals surface area contributed by atoms with Crippen LogP contribution in [0.4, 0.5) is 0 Å². The number of hydrogen-bond donors (Lipinski definition) is 1. The fraction of sp³-hybridized carbons (Fsp3) is 0.889. The molecule has 0 saturated heterocycles. The first-order chi connectivity index (χ1) is 5.57. The van der Waals surface area contributed by atoms with Gasteiger partial charge in [0.1, 0.15) is 0 Å². The maximum absolute atomic E-state index is 5.69. The average molecular weight is 171 g/mol. The van der Waals surface area contributed by atoms with Crippen LogP contribution in [0.5, 0.6) is 0 Å². The third kappa shape index (κ3) is 4.99. The molecule has 0 fully saturated rings. The number of aliphatic imine (C=N–C) groups is 1. The lowest BCUT2D eigenvalue weighted by Crippen LogP contribution is -2.35. The molecular formula is C9H21N3. The summed E-state index contributed by atoms with van der Waals surface area (Å²) in [7, 11) is 1.98. The van der Waals surface area contributed by atoms with Gasteiger partial charge < -0.3 is 10.6 Å². The van der Waals surface area contributed by atoms with E-state index in [2.05, 4.69) is 18.8 Å². The van der Waals surface area contributed by atoms with Crippen molar-refractivity contribution in [2.45, 2.75) is 27.2 Å². The van der Waals surface area contributed by atoms with E-state index in [0.717, 1.165) is 25.4 Å². The van der Waals surface area contributed by atoms with Crippen molar-refractivity contribution in [3.63, 3.8) is 0 Å². The van der Waals surface area contributed by atoms with Crippen molar-refractivity contribution in [3.05, 3.63) is 0 Å². The van der Waals surface area contributed by atoms with Gasteiger partial charge in [0, 0.05) is 20.1 Å². The van der Waals surface area contributed by atoms with Gasteiger partial charge in [-0.2, -0.15) is 0 Å². The van der Waals surface area contributed by atoms with Gasteiger partial charge in [0.05, 0.1) is 0 Å². The smallest absolute Gasteiger partial charge is 0.190 e. The Hall–Kier alpha value is -0.730. The van der Waals surface area contributed by atoms with Gasteiger partial charge in [-0.05, 0) is 19.3 Å². The summed E-state index contributed by atoms with van der Waals surface area (Å²) >= 11 is 0. The Bertz CT molecular complexity index is 141. The predicted octanol–water partition coefficient (Wildman–Crippen LogP) is 1.30. The highest BCUT2D eigenvalue weighted by atomic mass is 15.2. The summed E-state index contributed by atoms with van der Waals surface area (Å²) in [5, 5.41) is 0. The van der Waals surface area contributed by atoms with E-state index in [0.29, 0.717) is 5.96 Å². The molecule has 0 atom stereocenters. The van der Waals surface area contributed by atoms with Gasteiger partial charge in [0.15, 0.2) is 5.96 Å². The van der Waals surface area contributed by atoms with E-state index < -0.39 is 0 Å². The summed E-state index contributed by atoms with van der Waals surface area (Å²) in [6.07, 6.45) is 1.16. The first-order valence-corrected chi connectivity index (χ1v) is 4.59.